The zero-order valence-electron chi connectivity index (χ0n) is 13.6. The number of hydrogen-bond acceptors (Lipinski definition) is 2. The second kappa shape index (κ2) is 9.40. The summed E-state index contributed by atoms with van der Waals surface area (Å²) in [5.41, 5.74) is 1.01. The summed E-state index contributed by atoms with van der Waals surface area (Å²) in [6.45, 7) is 5.89. The van der Waals surface area contributed by atoms with Gasteiger partial charge in [0.05, 0.1) is 6.54 Å². The number of aliphatic imine (C=N–C) groups is 1. The molecule has 1 aliphatic rings. The van der Waals surface area contributed by atoms with Gasteiger partial charge in [-0.25, -0.2) is 4.99 Å². The normalized spacial score (nSPS) is 15.1. The van der Waals surface area contributed by atoms with Gasteiger partial charge in [-0.1, -0.05) is 29.8 Å². The van der Waals surface area contributed by atoms with Crippen LogP contribution < -0.4 is 10.6 Å². The maximum atomic E-state index is 11.6. The number of guanidine groups is 1. The monoisotopic (exact) mass is 336 g/mol. The van der Waals surface area contributed by atoms with Crippen LogP contribution in [0.2, 0.25) is 5.02 Å². The molecule has 1 saturated heterocycles. The quantitative estimate of drug-likeness (QED) is 0.457. The summed E-state index contributed by atoms with van der Waals surface area (Å²) in [7, 11) is 0. The van der Waals surface area contributed by atoms with E-state index in [2.05, 4.69) is 15.6 Å². The fourth-order valence-corrected chi connectivity index (χ4v) is 2.75. The van der Waals surface area contributed by atoms with Crippen molar-refractivity contribution in [2.24, 2.45) is 4.99 Å². The van der Waals surface area contributed by atoms with E-state index >= 15 is 0 Å². The van der Waals surface area contributed by atoms with Gasteiger partial charge < -0.3 is 15.5 Å². The van der Waals surface area contributed by atoms with E-state index in [-0.39, 0.29) is 5.91 Å². The number of nitrogens with one attached hydrogen (secondary N) is 2. The van der Waals surface area contributed by atoms with Gasteiger partial charge in [-0.2, -0.15) is 0 Å². The Bertz CT molecular complexity index is 547. The van der Waals surface area contributed by atoms with E-state index < -0.39 is 0 Å². The average molecular weight is 337 g/mol. The van der Waals surface area contributed by atoms with Crippen LogP contribution in [0.5, 0.6) is 0 Å². The molecule has 0 atom stereocenters. The Labute approximate surface area is 143 Å². The number of likely N-dealkylation sites (tertiary alicyclic amines) is 1. The first-order valence-corrected chi connectivity index (χ1v) is 8.62. The van der Waals surface area contributed by atoms with Gasteiger partial charge in [0.15, 0.2) is 5.96 Å². The summed E-state index contributed by atoms with van der Waals surface area (Å²) >= 11 is 6.15. The maximum Gasteiger partial charge on any atom is 0.222 e. The summed E-state index contributed by atoms with van der Waals surface area (Å²) < 4.78 is 0. The van der Waals surface area contributed by atoms with E-state index in [1.54, 1.807) is 0 Å². The zero-order chi connectivity index (χ0) is 16.5. The maximum absolute atomic E-state index is 11.6. The molecule has 1 aromatic rings. The molecule has 1 fully saturated rings. The van der Waals surface area contributed by atoms with E-state index in [1.165, 1.54) is 0 Å². The molecule has 5 nitrogen and oxygen atoms in total. The number of carbonyl (C=O) groups is 1. The Morgan fingerprint density at radius 2 is 2.17 bits per heavy atom. The molecule has 1 aromatic carbocycles. The number of carbonyl (C=O) groups excluding carboxylic acids is 1. The Morgan fingerprint density at radius 3 is 2.87 bits per heavy atom. The van der Waals surface area contributed by atoms with Crippen LogP contribution in [-0.4, -0.2) is 42.9 Å². The molecule has 0 radical (unpaired) electrons. The molecule has 1 amide bonds. The average Bonchev–Trinajstić information content (AvgIpc) is 2.95. The number of hydrogen-bond donors (Lipinski definition) is 2. The van der Waals surface area contributed by atoms with Crippen molar-refractivity contribution in [2.45, 2.75) is 32.7 Å². The van der Waals surface area contributed by atoms with Gasteiger partial charge in [0.25, 0.3) is 0 Å². The minimum absolute atomic E-state index is 0.282. The van der Waals surface area contributed by atoms with E-state index in [1.807, 2.05) is 36.1 Å². The van der Waals surface area contributed by atoms with Crippen LogP contribution in [0.4, 0.5) is 0 Å². The van der Waals surface area contributed by atoms with Gasteiger partial charge in [-0.15, -0.1) is 0 Å². The highest BCUT2D eigenvalue weighted by atomic mass is 35.5. The van der Waals surface area contributed by atoms with Gasteiger partial charge in [0, 0.05) is 37.6 Å². The molecule has 126 valence electrons. The highest BCUT2D eigenvalue weighted by Crippen LogP contribution is 2.15. The van der Waals surface area contributed by atoms with Crippen LogP contribution in [0.3, 0.4) is 0 Å². The molecule has 2 N–H and O–H groups in total. The van der Waals surface area contributed by atoms with Crippen LogP contribution in [0.1, 0.15) is 31.7 Å². The summed E-state index contributed by atoms with van der Waals surface area (Å²) in [5, 5.41) is 7.27. The molecular weight excluding hydrogens is 312 g/mol. The van der Waals surface area contributed by atoms with E-state index in [4.69, 9.17) is 11.6 Å². The molecule has 0 spiro atoms. The molecule has 0 aromatic heterocycles. The minimum Gasteiger partial charge on any atom is -0.357 e. The van der Waals surface area contributed by atoms with Crippen molar-refractivity contribution in [1.82, 2.24) is 15.5 Å². The first kappa shape index (κ1) is 17.6. The number of nitrogens with zero attached hydrogens (tertiary/aromatic N) is 2. The van der Waals surface area contributed by atoms with Crippen molar-refractivity contribution in [3.8, 4) is 0 Å². The molecule has 0 bridgehead atoms. The third kappa shape index (κ3) is 5.75. The van der Waals surface area contributed by atoms with E-state index in [0.717, 1.165) is 55.6 Å². The predicted octanol–water partition coefficient (Wildman–Crippen LogP) is 2.41. The Balaban J connectivity index is 1.77. The smallest absolute Gasteiger partial charge is 0.222 e. The van der Waals surface area contributed by atoms with Crippen molar-refractivity contribution in [3.05, 3.63) is 34.9 Å². The zero-order valence-corrected chi connectivity index (χ0v) is 14.4. The van der Waals surface area contributed by atoms with E-state index in [0.29, 0.717) is 13.0 Å². The predicted molar refractivity (Wildman–Crippen MR) is 94.7 cm³/mol. The molecule has 0 aliphatic carbocycles. The second-order valence-electron chi connectivity index (χ2n) is 5.55. The standard InChI is InChI=1S/C17H25ClN4O/c1-2-19-17(21-13-14-7-3-4-8-15(14)18)20-10-6-12-22-11-5-9-16(22)23/h3-4,7-8H,2,5-6,9-13H2,1H3,(H2,19,20,21). The first-order chi connectivity index (χ1) is 11.2. The van der Waals surface area contributed by atoms with Gasteiger partial charge >= 0.3 is 0 Å². The highest BCUT2D eigenvalue weighted by molar-refractivity contribution is 6.31. The molecule has 6 heteroatoms. The van der Waals surface area contributed by atoms with Gasteiger partial charge in [-0.3, -0.25) is 4.79 Å². The summed E-state index contributed by atoms with van der Waals surface area (Å²) in [4.78, 5) is 18.1. The second-order valence-corrected chi connectivity index (χ2v) is 5.96. The lowest BCUT2D eigenvalue weighted by atomic mass is 10.2. The van der Waals surface area contributed by atoms with E-state index in [9.17, 15) is 4.79 Å². The minimum atomic E-state index is 0.282. The van der Waals surface area contributed by atoms with Gasteiger partial charge in [0.2, 0.25) is 5.91 Å². The fraction of sp³-hybridized carbons (Fsp3) is 0.529. The van der Waals surface area contributed by atoms with Crippen molar-refractivity contribution >= 4 is 23.5 Å². The van der Waals surface area contributed by atoms with Crippen LogP contribution in [-0.2, 0) is 11.3 Å². The van der Waals surface area contributed by atoms with Gasteiger partial charge in [-0.05, 0) is 31.4 Å². The molecule has 1 aliphatic heterocycles. The fourth-order valence-electron chi connectivity index (χ4n) is 2.55. The highest BCUT2D eigenvalue weighted by Gasteiger charge is 2.18. The SMILES string of the molecule is CCNC(=NCc1ccccc1Cl)NCCCN1CCCC1=O. The third-order valence-electron chi connectivity index (χ3n) is 3.78. The van der Waals surface area contributed by atoms with Crippen molar-refractivity contribution in [1.29, 1.82) is 0 Å². The molecular formula is C17H25ClN4O. The van der Waals surface area contributed by atoms with Crippen LogP contribution in [0.15, 0.2) is 29.3 Å². The Hall–Kier alpha value is -1.75. The molecule has 1 heterocycles. The largest absolute Gasteiger partial charge is 0.357 e. The summed E-state index contributed by atoms with van der Waals surface area (Å²) in [6.07, 6.45) is 2.62. The summed E-state index contributed by atoms with van der Waals surface area (Å²) in [6, 6.07) is 7.73. The first-order valence-electron chi connectivity index (χ1n) is 8.24. The number of halogens is 1. The molecule has 0 saturated carbocycles. The lowest BCUT2D eigenvalue weighted by Crippen LogP contribution is -2.39. The number of amides is 1. The van der Waals surface area contributed by atoms with Crippen LogP contribution in [0, 0.1) is 0 Å². The topological polar surface area (TPSA) is 56.7 Å². The molecule has 2 rings (SSSR count). The molecule has 23 heavy (non-hydrogen) atoms. The lowest BCUT2D eigenvalue weighted by Gasteiger charge is -2.16. The van der Waals surface area contributed by atoms with Crippen molar-refractivity contribution in [3.63, 3.8) is 0 Å². The Kier molecular flexibility index (Phi) is 7.20. The molecule has 0 unspecified atom stereocenters. The number of rotatable bonds is 7. The Morgan fingerprint density at radius 1 is 1.35 bits per heavy atom. The van der Waals surface area contributed by atoms with Crippen LogP contribution in [0.25, 0.3) is 0 Å². The van der Waals surface area contributed by atoms with Crippen molar-refractivity contribution < 1.29 is 4.79 Å². The van der Waals surface area contributed by atoms with Crippen LogP contribution >= 0.6 is 11.6 Å². The van der Waals surface area contributed by atoms with Gasteiger partial charge in [0.1, 0.15) is 0 Å². The third-order valence-corrected chi connectivity index (χ3v) is 4.15. The van der Waals surface area contributed by atoms with Crippen molar-refractivity contribution in [2.75, 3.05) is 26.2 Å². The lowest BCUT2D eigenvalue weighted by molar-refractivity contribution is -0.127. The number of benzene rings is 1. The summed E-state index contributed by atoms with van der Waals surface area (Å²) in [5.74, 6) is 1.06.